The minimum Gasteiger partial charge on any atom is -0.367 e. The first-order valence-electron chi connectivity index (χ1n) is 11.1. The van der Waals surface area contributed by atoms with Crippen LogP contribution in [0.2, 0.25) is 0 Å². The molecule has 0 radical (unpaired) electrons. The van der Waals surface area contributed by atoms with Gasteiger partial charge in [-0.3, -0.25) is 14.5 Å². The maximum Gasteiger partial charge on any atom is 0.237 e. The Labute approximate surface area is 207 Å². The zero-order chi connectivity index (χ0) is 26.3. The molecule has 0 aliphatic rings. The summed E-state index contributed by atoms with van der Waals surface area (Å²) in [6, 6.07) is 15.4. The lowest BCUT2D eigenvalue weighted by atomic mass is 10.1. The van der Waals surface area contributed by atoms with Crippen molar-refractivity contribution in [3.8, 4) is 0 Å². The number of carbonyl (C=O) groups excluding carboxylic acids is 1. The van der Waals surface area contributed by atoms with Crippen LogP contribution in [0.25, 0.3) is 0 Å². The van der Waals surface area contributed by atoms with Crippen LogP contribution in [0, 0.1) is 13.8 Å². The predicted octanol–water partition coefficient (Wildman–Crippen LogP) is 2.49. The molecule has 2 aromatic carbocycles. The lowest BCUT2D eigenvalue weighted by molar-refractivity contribution is 0.0845. The maximum absolute atomic E-state index is 10.2. The standard InChI is InChI=1S/C12H18N4O.C8H8O.C4H12N4O/c1-3-8-17-16-12(13)15-14-9-11-7-5-4-6-10(11)2;1-7-4-2-3-5-8(7)6-9;1-2-3-9-8-4(5)7-6/h4-7,9H,3,8H2,1-2H3,(H3,13,15,16);2-6H,1H3;2-3,6H2,1H3,(H3,5,7,8)/b14-9+;;. The molecule has 0 amide bonds. The summed E-state index contributed by atoms with van der Waals surface area (Å²) in [4.78, 5) is 20.0. The zero-order valence-corrected chi connectivity index (χ0v) is 20.9. The van der Waals surface area contributed by atoms with E-state index in [4.69, 9.17) is 27.0 Å². The number of nitrogens with zero attached hydrogens (tertiary/aromatic N) is 3. The van der Waals surface area contributed by atoms with Gasteiger partial charge in [-0.1, -0.05) is 62.4 Å². The van der Waals surface area contributed by atoms with E-state index in [0.717, 1.165) is 41.4 Å². The van der Waals surface area contributed by atoms with Crippen LogP contribution in [0.3, 0.4) is 0 Å². The molecular formula is C24H38N8O3. The van der Waals surface area contributed by atoms with Gasteiger partial charge in [-0.2, -0.15) is 5.10 Å². The van der Waals surface area contributed by atoms with Crippen LogP contribution in [-0.2, 0) is 9.68 Å². The third-order valence-corrected chi connectivity index (χ3v) is 3.97. The van der Waals surface area contributed by atoms with Crippen LogP contribution in [0.4, 0.5) is 0 Å². The number of benzene rings is 2. The summed E-state index contributed by atoms with van der Waals surface area (Å²) in [6.45, 7) is 9.09. The monoisotopic (exact) mass is 486 g/mol. The number of hydrogen-bond donors (Lipinski definition) is 5. The zero-order valence-electron chi connectivity index (χ0n) is 20.9. The lowest BCUT2D eigenvalue weighted by Gasteiger charge is -2.02. The van der Waals surface area contributed by atoms with Crippen LogP contribution in [-0.4, -0.2) is 37.6 Å². The van der Waals surface area contributed by atoms with E-state index >= 15 is 0 Å². The van der Waals surface area contributed by atoms with E-state index in [1.54, 1.807) is 6.21 Å². The van der Waals surface area contributed by atoms with Crippen LogP contribution in [0.15, 0.2) is 63.8 Å². The Hall–Kier alpha value is -3.96. The number of nitrogens with two attached hydrogens (primary N) is 3. The van der Waals surface area contributed by atoms with E-state index in [1.807, 2.05) is 76.2 Å². The van der Waals surface area contributed by atoms with Crippen LogP contribution >= 0.6 is 0 Å². The fourth-order valence-electron chi connectivity index (χ4n) is 2.10. The molecule has 0 spiro atoms. The molecule has 0 aliphatic carbocycles. The second-order valence-electron chi connectivity index (χ2n) is 6.98. The van der Waals surface area contributed by atoms with Gasteiger partial charge in [-0.05, 0) is 43.4 Å². The van der Waals surface area contributed by atoms with E-state index in [0.29, 0.717) is 13.2 Å². The Morgan fingerprint density at radius 3 is 1.77 bits per heavy atom. The van der Waals surface area contributed by atoms with Gasteiger partial charge in [0.1, 0.15) is 6.29 Å². The Balaban J connectivity index is 0.000000543. The van der Waals surface area contributed by atoms with Gasteiger partial charge in [0.25, 0.3) is 0 Å². The molecule has 0 aromatic heterocycles. The molecule has 0 saturated carbocycles. The molecule has 0 unspecified atom stereocenters. The Morgan fingerprint density at radius 1 is 0.857 bits per heavy atom. The average molecular weight is 487 g/mol. The first-order valence-corrected chi connectivity index (χ1v) is 11.1. The smallest absolute Gasteiger partial charge is 0.237 e. The van der Waals surface area contributed by atoms with Crippen LogP contribution < -0.4 is 28.3 Å². The molecule has 0 aliphatic heterocycles. The Bertz CT molecular complexity index is 932. The topological polar surface area (TPSA) is 175 Å². The van der Waals surface area contributed by atoms with Crippen molar-refractivity contribution in [3.05, 3.63) is 70.8 Å². The van der Waals surface area contributed by atoms with E-state index in [2.05, 4.69) is 26.3 Å². The highest BCUT2D eigenvalue weighted by molar-refractivity contribution is 5.83. The largest absolute Gasteiger partial charge is 0.367 e. The van der Waals surface area contributed by atoms with Crippen molar-refractivity contribution in [2.24, 2.45) is 32.6 Å². The Morgan fingerprint density at radius 2 is 1.34 bits per heavy atom. The lowest BCUT2D eigenvalue weighted by Crippen LogP contribution is -2.32. The second-order valence-corrected chi connectivity index (χ2v) is 6.98. The van der Waals surface area contributed by atoms with Gasteiger partial charge in [-0.25, -0.2) is 11.0 Å². The number of aryl methyl sites for hydroxylation is 2. The van der Waals surface area contributed by atoms with Gasteiger partial charge in [-0.15, -0.1) is 10.2 Å². The molecule has 35 heavy (non-hydrogen) atoms. The molecule has 0 heterocycles. The summed E-state index contributed by atoms with van der Waals surface area (Å²) in [6.07, 6.45) is 4.36. The first-order chi connectivity index (χ1) is 16.9. The number of carbonyl (C=O) groups is 1. The molecule has 11 heteroatoms. The molecular weight excluding hydrogens is 448 g/mol. The molecule has 2 rings (SSSR count). The summed E-state index contributed by atoms with van der Waals surface area (Å²) in [7, 11) is 0. The number of nitrogens with one attached hydrogen (secondary N) is 2. The fourth-order valence-corrected chi connectivity index (χ4v) is 2.10. The highest BCUT2D eigenvalue weighted by atomic mass is 16.6. The molecule has 0 fully saturated rings. The third kappa shape index (κ3) is 16.3. The number of hydrazone groups is 1. The van der Waals surface area contributed by atoms with Crippen molar-refractivity contribution in [1.82, 2.24) is 11.0 Å². The molecule has 11 nitrogen and oxygen atoms in total. The third-order valence-electron chi connectivity index (χ3n) is 3.97. The molecule has 8 N–H and O–H groups in total. The SMILES string of the molecule is CCCONC(N)=N/N=C/c1ccccc1C.CCCONC(N)=NN.Cc1ccccc1C=O. The summed E-state index contributed by atoms with van der Waals surface area (Å²) in [5.74, 6) is 5.00. The summed E-state index contributed by atoms with van der Waals surface area (Å²) < 4.78 is 0. The van der Waals surface area contributed by atoms with Crippen molar-refractivity contribution in [2.45, 2.75) is 40.5 Å². The van der Waals surface area contributed by atoms with Gasteiger partial charge in [0, 0.05) is 5.56 Å². The van der Waals surface area contributed by atoms with Crippen molar-refractivity contribution in [1.29, 1.82) is 0 Å². The molecule has 0 bridgehead atoms. The van der Waals surface area contributed by atoms with E-state index in [1.165, 1.54) is 0 Å². The minimum absolute atomic E-state index is 0.0865. The van der Waals surface area contributed by atoms with E-state index in [9.17, 15) is 4.79 Å². The number of hydrogen-bond acceptors (Lipinski definition) is 7. The molecule has 2 aromatic rings. The summed E-state index contributed by atoms with van der Waals surface area (Å²) in [5.41, 5.74) is 19.4. The van der Waals surface area contributed by atoms with E-state index < -0.39 is 0 Å². The normalized spacial score (nSPS) is 11.1. The van der Waals surface area contributed by atoms with Crippen LogP contribution in [0.5, 0.6) is 0 Å². The van der Waals surface area contributed by atoms with Gasteiger partial charge in [0.2, 0.25) is 11.9 Å². The second kappa shape index (κ2) is 20.6. The number of guanidine groups is 2. The molecule has 0 saturated heterocycles. The van der Waals surface area contributed by atoms with Crippen molar-refractivity contribution in [3.63, 3.8) is 0 Å². The Kier molecular flexibility index (Phi) is 18.3. The van der Waals surface area contributed by atoms with Crippen molar-refractivity contribution < 1.29 is 14.5 Å². The number of aldehydes is 1. The van der Waals surface area contributed by atoms with Crippen molar-refractivity contribution in [2.75, 3.05) is 13.2 Å². The summed E-state index contributed by atoms with van der Waals surface area (Å²) in [5, 5.41) is 10.8. The first kappa shape index (κ1) is 31.0. The van der Waals surface area contributed by atoms with Crippen molar-refractivity contribution >= 4 is 24.4 Å². The fraction of sp³-hybridized carbons (Fsp3) is 0.333. The maximum atomic E-state index is 10.2. The summed E-state index contributed by atoms with van der Waals surface area (Å²) >= 11 is 0. The highest BCUT2D eigenvalue weighted by Gasteiger charge is 1.92. The highest BCUT2D eigenvalue weighted by Crippen LogP contribution is 2.03. The van der Waals surface area contributed by atoms with Gasteiger partial charge >= 0.3 is 0 Å². The number of rotatable bonds is 9. The minimum atomic E-state index is 0.0865. The molecule has 192 valence electrons. The number of hydroxylamine groups is 2. The quantitative estimate of drug-likeness (QED) is 0.0897. The average Bonchev–Trinajstić information content (AvgIpc) is 2.86. The van der Waals surface area contributed by atoms with Crippen LogP contribution in [0.1, 0.15) is 53.7 Å². The predicted molar refractivity (Wildman–Crippen MR) is 142 cm³/mol. The van der Waals surface area contributed by atoms with Gasteiger partial charge in [0.15, 0.2) is 0 Å². The van der Waals surface area contributed by atoms with Gasteiger partial charge < -0.3 is 17.3 Å². The molecule has 0 atom stereocenters. The van der Waals surface area contributed by atoms with E-state index in [-0.39, 0.29) is 11.9 Å². The van der Waals surface area contributed by atoms with Gasteiger partial charge in [0.05, 0.1) is 19.4 Å².